The third-order valence-electron chi connectivity index (χ3n) is 7.11. The number of dihydropyridines is 1. The summed E-state index contributed by atoms with van der Waals surface area (Å²) in [5, 5.41) is 3.15. The number of ketones is 1. The second kappa shape index (κ2) is 9.51. The van der Waals surface area contributed by atoms with E-state index in [2.05, 4.69) is 5.32 Å². The number of carbonyl (C=O) groups is 3. The van der Waals surface area contributed by atoms with Crippen LogP contribution < -0.4 is 5.32 Å². The number of hydrogen-bond acceptors (Lipinski definition) is 6. The molecule has 188 valence electrons. The predicted molar refractivity (Wildman–Crippen MR) is 120 cm³/mol. The van der Waals surface area contributed by atoms with Crippen LogP contribution in [0, 0.1) is 11.8 Å². The lowest BCUT2D eigenvalue weighted by molar-refractivity contribution is -0.151. The Bertz CT molecular complexity index is 1100. The highest BCUT2D eigenvalue weighted by atomic mass is 19.4. The van der Waals surface area contributed by atoms with Crippen LogP contribution in [0.3, 0.4) is 0 Å². The smallest absolute Gasteiger partial charge is 0.416 e. The zero-order chi connectivity index (χ0) is 25.5. The molecule has 0 amide bonds. The normalized spacial score (nSPS) is 25.3. The maximum Gasteiger partial charge on any atom is 0.416 e. The second-order valence-electron chi connectivity index (χ2n) is 9.47. The van der Waals surface area contributed by atoms with Crippen LogP contribution in [-0.2, 0) is 30.0 Å². The average Bonchev–Trinajstić information content (AvgIpc) is 3.30. The molecule has 0 unspecified atom stereocenters. The van der Waals surface area contributed by atoms with Crippen LogP contribution >= 0.6 is 0 Å². The van der Waals surface area contributed by atoms with Gasteiger partial charge < -0.3 is 14.8 Å². The summed E-state index contributed by atoms with van der Waals surface area (Å²) in [6, 6.07) is 4.41. The van der Waals surface area contributed by atoms with E-state index in [0.717, 1.165) is 37.8 Å². The van der Waals surface area contributed by atoms with E-state index in [1.165, 1.54) is 19.2 Å². The highest BCUT2D eigenvalue weighted by molar-refractivity contribution is 6.12. The van der Waals surface area contributed by atoms with Gasteiger partial charge in [0.2, 0.25) is 0 Å². The van der Waals surface area contributed by atoms with Crippen molar-refractivity contribution in [2.24, 2.45) is 11.8 Å². The number of esters is 2. The van der Waals surface area contributed by atoms with E-state index in [4.69, 9.17) is 9.47 Å². The highest BCUT2D eigenvalue weighted by Crippen LogP contribution is 2.46. The highest BCUT2D eigenvalue weighted by Gasteiger charge is 2.47. The zero-order valence-electron chi connectivity index (χ0n) is 19.8. The molecule has 1 aromatic rings. The van der Waals surface area contributed by atoms with Crippen molar-refractivity contribution < 1.29 is 37.0 Å². The molecule has 35 heavy (non-hydrogen) atoms. The number of halogens is 3. The fourth-order valence-corrected chi connectivity index (χ4v) is 5.37. The first-order chi connectivity index (χ1) is 16.5. The van der Waals surface area contributed by atoms with Crippen molar-refractivity contribution in [1.29, 1.82) is 0 Å². The van der Waals surface area contributed by atoms with Crippen molar-refractivity contribution in [3.05, 3.63) is 57.9 Å². The number of hydrogen-bond donors (Lipinski definition) is 1. The van der Waals surface area contributed by atoms with Gasteiger partial charge in [-0.3, -0.25) is 9.59 Å². The number of allylic oxidation sites excluding steroid dienone is 3. The Morgan fingerprint density at radius 1 is 1.09 bits per heavy atom. The summed E-state index contributed by atoms with van der Waals surface area (Å²) in [7, 11) is 1.20. The van der Waals surface area contributed by atoms with E-state index in [1.807, 2.05) is 0 Å². The topological polar surface area (TPSA) is 81.7 Å². The van der Waals surface area contributed by atoms with Crippen molar-refractivity contribution in [2.45, 2.75) is 64.1 Å². The first kappa shape index (κ1) is 25.0. The molecule has 0 radical (unpaired) electrons. The number of carbonyl (C=O) groups excluding carboxylic acids is 3. The lowest BCUT2D eigenvalue weighted by Crippen LogP contribution is -2.43. The molecule has 2 aliphatic carbocycles. The van der Waals surface area contributed by atoms with E-state index < -0.39 is 41.3 Å². The van der Waals surface area contributed by atoms with Crippen LogP contribution in [0.5, 0.6) is 0 Å². The van der Waals surface area contributed by atoms with Crippen molar-refractivity contribution in [2.75, 3.05) is 7.11 Å². The summed E-state index contributed by atoms with van der Waals surface area (Å²) in [6.07, 6.45) is -1.04. The van der Waals surface area contributed by atoms with E-state index in [1.54, 1.807) is 13.8 Å². The quantitative estimate of drug-likeness (QED) is 0.481. The van der Waals surface area contributed by atoms with Gasteiger partial charge >= 0.3 is 18.1 Å². The Labute approximate surface area is 201 Å². The molecule has 1 heterocycles. The molecule has 1 N–H and O–H groups in total. The Balaban J connectivity index is 1.81. The molecule has 0 saturated heterocycles. The van der Waals surface area contributed by atoms with Crippen LogP contribution in [0.2, 0.25) is 0 Å². The van der Waals surface area contributed by atoms with Crippen molar-refractivity contribution >= 4 is 17.7 Å². The molecular weight excluding hydrogens is 463 g/mol. The molecule has 4 rings (SSSR count). The van der Waals surface area contributed by atoms with E-state index in [9.17, 15) is 27.6 Å². The first-order valence-corrected chi connectivity index (χ1v) is 11.7. The predicted octanol–water partition coefficient (Wildman–Crippen LogP) is 4.80. The second-order valence-corrected chi connectivity index (χ2v) is 9.47. The van der Waals surface area contributed by atoms with E-state index in [-0.39, 0.29) is 23.2 Å². The SMILES string of the molecule is COC(=O)[C@H]1C(=O)C2=C(C[C@H]1C)NC(C)=C(C(=O)OC1CCCC1)[C@@H]2c1ccc(C(F)(F)F)cc1. The number of benzene rings is 1. The third kappa shape index (κ3) is 4.73. The molecule has 1 saturated carbocycles. The molecule has 1 fully saturated rings. The van der Waals surface area contributed by atoms with Gasteiger partial charge in [0.15, 0.2) is 5.78 Å². The molecule has 3 atom stereocenters. The number of Topliss-reactive ketones (excluding diaryl/α,β-unsaturated/α-hetero) is 1. The Hall–Kier alpha value is -3.10. The van der Waals surface area contributed by atoms with Crippen LogP contribution in [0.15, 0.2) is 46.8 Å². The van der Waals surface area contributed by atoms with Crippen LogP contribution in [0.1, 0.15) is 63.0 Å². The van der Waals surface area contributed by atoms with Gasteiger partial charge in [0, 0.05) is 22.9 Å². The standard InChI is InChI=1S/C26H28F3NO5/c1-13-12-18-22(23(31)19(13)24(32)34-3)21(15-8-10-16(11-9-15)26(27,28)29)20(14(2)30-18)25(33)35-17-6-4-5-7-17/h8-11,13,17,19,21,30H,4-7,12H2,1-3H3/t13-,19-,21+/m1/s1. The van der Waals surface area contributed by atoms with E-state index >= 15 is 0 Å². The zero-order valence-corrected chi connectivity index (χ0v) is 19.8. The molecule has 0 spiro atoms. The van der Waals surface area contributed by atoms with Crippen molar-refractivity contribution in [1.82, 2.24) is 5.32 Å². The van der Waals surface area contributed by atoms with Gasteiger partial charge in [-0.15, -0.1) is 0 Å². The van der Waals surface area contributed by atoms with Crippen molar-refractivity contribution in [3.63, 3.8) is 0 Å². The number of rotatable bonds is 4. The summed E-state index contributed by atoms with van der Waals surface area (Å²) in [5.41, 5.74) is 0.909. The maximum atomic E-state index is 13.6. The van der Waals surface area contributed by atoms with Crippen LogP contribution in [-0.4, -0.2) is 30.9 Å². The monoisotopic (exact) mass is 491 g/mol. The van der Waals surface area contributed by atoms with Gasteiger partial charge in [0.05, 0.1) is 18.2 Å². The van der Waals surface area contributed by atoms with E-state index in [0.29, 0.717) is 23.4 Å². The summed E-state index contributed by atoms with van der Waals surface area (Å²) < 4.78 is 50.2. The van der Waals surface area contributed by atoms with Gasteiger partial charge in [-0.1, -0.05) is 19.1 Å². The van der Waals surface area contributed by atoms with Gasteiger partial charge in [-0.05, 0) is 62.6 Å². The Kier molecular flexibility index (Phi) is 6.79. The molecule has 0 aromatic heterocycles. The summed E-state index contributed by atoms with van der Waals surface area (Å²) >= 11 is 0. The minimum atomic E-state index is -4.53. The number of ether oxygens (including phenoxy) is 2. The maximum absolute atomic E-state index is 13.6. The van der Waals surface area contributed by atoms with Gasteiger partial charge in [-0.2, -0.15) is 13.2 Å². The number of alkyl halides is 3. The molecule has 0 bridgehead atoms. The molecule has 1 aromatic carbocycles. The fraction of sp³-hybridized carbons (Fsp3) is 0.500. The molecular formula is C26H28F3NO5. The molecule has 1 aliphatic heterocycles. The fourth-order valence-electron chi connectivity index (χ4n) is 5.37. The third-order valence-corrected chi connectivity index (χ3v) is 7.11. The van der Waals surface area contributed by atoms with Crippen molar-refractivity contribution in [3.8, 4) is 0 Å². The minimum absolute atomic E-state index is 0.168. The van der Waals surface area contributed by atoms with Crippen LogP contribution in [0.4, 0.5) is 13.2 Å². The Morgan fingerprint density at radius 3 is 2.29 bits per heavy atom. The largest absolute Gasteiger partial charge is 0.468 e. The Morgan fingerprint density at radius 2 is 1.71 bits per heavy atom. The minimum Gasteiger partial charge on any atom is -0.468 e. The lowest BCUT2D eigenvalue weighted by Gasteiger charge is -2.38. The molecule has 6 nitrogen and oxygen atoms in total. The van der Waals surface area contributed by atoms with Gasteiger partial charge in [0.25, 0.3) is 0 Å². The lowest BCUT2D eigenvalue weighted by atomic mass is 9.69. The number of nitrogens with one attached hydrogen (secondary N) is 1. The average molecular weight is 492 g/mol. The molecule has 9 heteroatoms. The summed E-state index contributed by atoms with van der Waals surface area (Å²) in [5.74, 6) is -4.17. The first-order valence-electron chi connectivity index (χ1n) is 11.7. The van der Waals surface area contributed by atoms with Crippen LogP contribution in [0.25, 0.3) is 0 Å². The number of methoxy groups -OCH3 is 1. The molecule has 3 aliphatic rings. The summed E-state index contributed by atoms with van der Waals surface area (Å²) in [4.78, 5) is 39.5. The van der Waals surface area contributed by atoms with Gasteiger partial charge in [-0.25, -0.2) is 4.79 Å². The van der Waals surface area contributed by atoms with Gasteiger partial charge in [0.1, 0.15) is 12.0 Å². The summed E-state index contributed by atoms with van der Waals surface area (Å²) in [6.45, 7) is 3.45.